The third kappa shape index (κ3) is 3.74. The summed E-state index contributed by atoms with van der Waals surface area (Å²) in [6, 6.07) is 6.46. The van der Waals surface area contributed by atoms with Crippen LogP contribution in [0.1, 0.15) is 24.8 Å². The largest absolute Gasteiger partial charge is 0.356 e. The van der Waals surface area contributed by atoms with Gasteiger partial charge in [0.15, 0.2) is 0 Å². The molecule has 1 saturated heterocycles. The quantitative estimate of drug-likeness (QED) is 0.895. The second kappa shape index (κ2) is 6.75. The van der Waals surface area contributed by atoms with E-state index >= 15 is 0 Å². The number of piperidine rings is 1. The van der Waals surface area contributed by atoms with Crippen LogP contribution in [-0.4, -0.2) is 25.5 Å². The molecule has 5 heteroatoms. The number of hydrogen-bond acceptors (Lipinski definition) is 2. The van der Waals surface area contributed by atoms with Gasteiger partial charge in [-0.25, -0.2) is 4.39 Å². The molecule has 2 fully saturated rings. The fourth-order valence-corrected chi connectivity index (χ4v) is 3.30. The van der Waals surface area contributed by atoms with E-state index in [1.54, 1.807) is 12.1 Å². The zero-order chi connectivity index (χ0) is 14.0. The maximum absolute atomic E-state index is 12.8. The molecule has 0 bridgehead atoms. The lowest BCUT2D eigenvalue weighted by atomic mass is 9.92. The molecule has 0 aromatic heterocycles. The standard InChI is InChI=1S/C16H21FN2O.ClH/c17-13-3-1-12(2-4-13)5-8-19-15(20)14-11-16(14)6-9-18-10-7-16;/h1-4,14,18H,5-11H2,(H,19,20);1H. The first-order valence-electron chi connectivity index (χ1n) is 7.42. The molecule has 21 heavy (non-hydrogen) atoms. The smallest absolute Gasteiger partial charge is 0.223 e. The van der Waals surface area contributed by atoms with Crippen molar-refractivity contribution in [3.63, 3.8) is 0 Å². The van der Waals surface area contributed by atoms with Crippen LogP contribution in [0.3, 0.4) is 0 Å². The van der Waals surface area contributed by atoms with E-state index in [0.717, 1.165) is 44.3 Å². The summed E-state index contributed by atoms with van der Waals surface area (Å²) < 4.78 is 12.8. The van der Waals surface area contributed by atoms with Gasteiger partial charge in [-0.15, -0.1) is 12.4 Å². The fraction of sp³-hybridized carbons (Fsp3) is 0.562. The van der Waals surface area contributed by atoms with Gasteiger partial charge in [0, 0.05) is 12.5 Å². The van der Waals surface area contributed by atoms with Crippen LogP contribution in [0, 0.1) is 17.2 Å². The summed E-state index contributed by atoms with van der Waals surface area (Å²) >= 11 is 0. The molecule has 1 amide bonds. The average molecular weight is 313 g/mol. The highest BCUT2D eigenvalue weighted by molar-refractivity contribution is 5.85. The first-order chi connectivity index (χ1) is 9.70. The first kappa shape index (κ1) is 16.2. The number of nitrogens with one attached hydrogen (secondary N) is 2. The Morgan fingerprint density at radius 1 is 1.29 bits per heavy atom. The predicted octanol–water partition coefficient (Wildman–Crippen LogP) is 2.30. The van der Waals surface area contributed by atoms with E-state index in [2.05, 4.69) is 10.6 Å². The van der Waals surface area contributed by atoms with E-state index in [-0.39, 0.29) is 30.0 Å². The second-order valence-corrected chi connectivity index (χ2v) is 6.04. The Balaban J connectivity index is 0.00000161. The third-order valence-corrected chi connectivity index (χ3v) is 4.73. The lowest BCUT2D eigenvalue weighted by Crippen LogP contribution is -2.34. The highest BCUT2D eigenvalue weighted by Crippen LogP contribution is 2.58. The van der Waals surface area contributed by atoms with Crippen molar-refractivity contribution < 1.29 is 9.18 Å². The number of halogens is 2. The first-order valence-corrected chi connectivity index (χ1v) is 7.42. The van der Waals surface area contributed by atoms with Crippen molar-refractivity contribution in [2.45, 2.75) is 25.7 Å². The lowest BCUT2D eigenvalue weighted by molar-refractivity contribution is -0.123. The maximum atomic E-state index is 12.8. The van der Waals surface area contributed by atoms with E-state index in [4.69, 9.17) is 0 Å². The molecule has 2 N–H and O–H groups in total. The summed E-state index contributed by atoms with van der Waals surface area (Å²) in [5.74, 6) is 0.204. The SMILES string of the molecule is Cl.O=C(NCCc1ccc(F)cc1)C1CC12CCNCC2. The summed E-state index contributed by atoms with van der Waals surface area (Å²) in [4.78, 5) is 12.1. The molecule has 1 unspecified atom stereocenters. The van der Waals surface area contributed by atoms with E-state index in [1.807, 2.05) is 0 Å². The molecular weight excluding hydrogens is 291 g/mol. The van der Waals surface area contributed by atoms with E-state index in [9.17, 15) is 9.18 Å². The van der Waals surface area contributed by atoms with Gasteiger partial charge in [0.05, 0.1) is 0 Å². The van der Waals surface area contributed by atoms with Gasteiger partial charge in [0.25, 0.3) is 0 Å². The van der Waals surface area contributed by atoms with Crippen LogP contribution in [0.25, 0.3) is 0 Å². The van der Waals surface area contributed by atoms with Crippen molar-refractivity contribution in [1.82, 2.24) is 10.6 Å². The third-order valence-electron chi connectivity index (χ3n) is 4.73. The van der Waals surface area contributed by atoms with Crippen LogP contribution in [0.15, 0.2) is 24.3 Å². The number of rotatable bonds is 4. The summed E-state index contributed by atoms with van der Waals surface area (Å²) in [6.07, 6.45) is 4.07. The van der Waals surface area contributed by atoms with Crippen molar-refractivity contribution in [2.24, 2.45) is 11.3 Å². The minimum atomic E-state index is -0.219. The number of benzene rings is 1. The molecule has 1 aliphatic carbocycles. The molecule has 1 saturated carbocycles. The van der Waals surface area contributed by atoms with Crippen molar-refractivity contribution in [1.29, 1.82) is 0 Å². The van der Waals surface area contributed by atoms with Gasteiger partial charge in [-0.3, -0.25) is 4.79 Å². The van der Waals surface area contributed by atoms with Crippen molar-refractivity contribution in [2.75, 3.05) is 19.6 Å². The molecule has 1 heterocycles. The number of carbonyl (C=O) groups excluding carboxylic acids is 1. The van der Waals surface area contributed by atoms with Gasteiger partial charge in [-0.05, 0) is 61.9 Å². The zero-order valence-electron chi connectivity index (χ0n) is 12.0. The van der Waals surface area contributed by atoms with Gasteiger partial charge < -0.3 is 10.6 Å². The van der Waals surface area contributed by atoms with Crippen LogP contribution in [0.2, 0.25) is 0 Å². The molecule has 1 atom stereocenters. The van der Waals surface area contributed by atoms with Crippen molar-refractivity contribution in [3.8, 4) is 0 Å². The molecule has 116 valence electrons. The molecule has 1 aliphatic heterocycles. The van der Waals surface area contributed by atoms with Crippen LogP contribution in [0.5, 0.6) is 0 Å². The number of carbonyl (C=O) groups is 1. The molecule has 0 radical (unpaired) electrons. The van der Waals surface area contributed by atoms with Gasteiger partial charge in [0.2, 0.25) is 5.91 Å². The van der Waals surface area contributed by atoms with Gasteiger partial charge >= 0.3 is 0 Å². The number of amides is 1. The van der Waals surface area contributed by atoms with Crippen molar-refractivity contribution >= 4 is 18.3 Å². The Morgan fingerprint density at radius 2 is 1.95 bits per heavy atom. The molecule has 1 aromatic carbocycles. The monoisotopic (exact) mass is 312 g/mol. The Labute approximate surface area is 131 Å². The molecule has 1 aromatic rings. The molecule has 3 rings (SSSR count). The van der Waals surface area contributed by atoms with Crippen LogP contribution in [-0.2, 0) is 11.2 Å². The van der Waals surface area contributed by atoms with E-state index in [1.165, 1.54) is 12.1 Å². The number of hydrogen-bond donors (Lipinski definition) is 2. The Bertz CT molecular complexity index is 486. The molecule has 1 spiro atoms. The summed E-state index contributed by atoms with van der Waals surface area (Å²) in [5.41, 5.74) is 1.35. The van der Waals surface area contributed by atoms with Crippen LogP contribution >= 0.6 is 12.4 Å². The van der Waals surface area contributed by atoms with Crippen LogP contribution in [0.4, 0.5) is 4.39 Å². The van der Waals surface area contributed by atoms with Gasteiger partial charge in [-0.1, -0.05) is 12.1 Å². The van der Waals surface area contributed by atoms with E-state index < -0.39 is 0 Å². The molecular formula is C16H22ClFN2O. The fourth-order valence-electron chi connectivity index (χ4n) is 3.30. The summed E-state index contributed by atoms with van der Waals surface area (Å²) in [6.45, 7) is 2.72. The average Bonchev–Trinajstić information content (AvgIpc) is 3.15. The topological polar surface area (TPSA) is 41.1 Å². The zero-order valence-corrected chi connectivity index (χ0v) is 12.8. The minimum Gasteiger partial charge on any atom is -0.356 e. The van der Waals surface area contributed by atoms with Crippen LogP contribution < -0.4 is 10.6 Å². The van der Waals surface area contributed by atoms with Crippen molar-refractivity contribution in [3.05, 3.63) is 35.6 Å². The highest BCUT2D eigenvalue weighted by atomic mass is 35.5. The summed E-state index contributed by atoms with van der Waals surface area (Å²) in [5, 5.41) is 6.37. The Kier molecular flexibility index (Phi) is 5.22. The Morgan fingerprint density at radius 3 is 2.62 bits per heavy atom. The molecule has 2 aliphatic rings. The van der Waals surface area contributed by atoms with E-state index in [0.29, 0.717) is 12.0 Å². The minimum absolute atomic E-state index is 0. The maximum Gasteiger partial charge on any atom is 0.223 e. The van der Waals surface area contributed by atoms with Gasteiger partial charge in [-0.2, -0.15) is 0 Å². The van der Waals surface area contributed by atoms with Gasteiger partial charge in [0.1, 0.15) is 5.82 Å². The molecule has 3 nitrogen and oxygen atoms in total. The normalized spacial score (nSPS) is 22.4. The lowest BCUT2D eigenvalue weighted by Gasteiger charge is -2.23. The highest BCUT2D eigenvalue weighted by Gasteiger charge is 2.57. The Hall–Kier alpha value is -1.13. The second-order valence-electron chi connectivity index (χ2n) is 6.04. The predicted molar refractivity (Wildman–Crippen MR) is 83.0 cm³/mol. The summed E-state index contributed by atoms with van der Waals surface area (Å²) in [7, 11) is 0.